The predicted molar refractivity (Wildman–Crippen MR) is 63.1 cm³/mol. The molecule has 0 fully saturated rings. The van der Waals surface area contributed by atoms with Crippen LogP contribution in [0.1, 0.15) is 35.3 Å². The molecule has 0 atom stereocenters. The first-order valence-electron chi connectivity index (χ1n) is 5.72. The summed E-state index contributed by atoms with van der Waals surface area (Å²) in [6.45, 7) is 0.401. The zero-order valence-corrected chi connectivity index (χ0v) is 10.6. The molecule has 0 saturated heterocycles. The van der Waals surface area contributed by atoms with E-state index in [1.54, 1.807) is 13.0 Å². The molecular weight excluding hydrogens is 256 g/mol. The Morgan fingerprint density at radius 2 is 2.11 bits per heavy atom. The second kappa shape index (κ2) is 6.69. The normalized spacial score (nSPS) is 10.1. The number of carbonyl (C=O) groups excluding carboxylic acids is 1. The first-order chi connectivity index (χ1) is 9.03. The number of nitrogens with zero attached hydrogens (tertiary/aromatic N) is 1. The molecule has 0 heterocycles. The Morgan fingerprint density at radius 1 is 1.42 bits per heavy atom. The lowest BCUT2D eigenvalue weighted by atomic mass is 10.0. The molecule has 0 aliphatic rings. The van der Waals surface area contributed by atoms with Crippen LogP contribution in [0.2, 0.25) is 0 Å². The number of hydrogen-bond donors (Lipinski definition) is 0. The van der Waals surface area contributed by atoms with E-state index in [4.69, 9.17) is 10.00 Å². The van der Waals surface area contributed by atoms with E-state index in [-0.39, 0.29) is 17.7 Å². The molecule has 1 aromatic rings. The second-order valence-electron chi connectivity index (χ2n) is 3.58. The third-order valence-electron chi connectivity index (χ3n) is 2.38. The van der Waals surface area contributed by atoms with Gasteiger partial charge in [0, 0.05) is 0 Å². The molecule has 1 rings (SSSR count). The number of nitriles is 1. The Hall–Kier alpha value is -2.16. The van der Waals surface area contributed by atoms with E-state index >= 15 is 0 Å². The van der Waals surface area contributed by atoms with Crippen LogP contribution in [0.15, 0.2) is 12.1 Å². The Balaban J connectivity index is 3.37. The van der Waals surface area contributed by atoms with Gasteiger partial charge in [-0.05, 0) is 31.0 Å². The first kappa shape index (κ1) is 14.9. The van der Waals surface area contributed by atoms with Crippen LogP contribution in [0.5, 0.6) is 5.75 Å². The maximum absolute atomic E-state index is 12.4. The Morgan fingerprint density at radius 3 is 2.58 bits per heavy atom. The molecule has 0 saturated carbocycles. The lowest BCUT2D eigenvalue weighted by Gasteiger charge is -2.13. The third kappa shape index (κ3) is 3.65. The summed E-state index contributed by atoms with van der Waals surface area (Å²) < 4.78 is 33.8. The summed E-state index contributed by atoms with van der Waals surface area (Å²) >= 11 is 0. The molecule has 0 N–H and O–H groups in total. The summed E-state index contributed by atoms with van der Waals surface area (Å²) in [5.74, 6) is -1.22. The molecule has 0 bridgehead atoms. The molecule has 102 valence electrons. The molecular formula is C13H13F2NO3. The number of alkyl halides is 2. The monoisotopic (exact) mass is 269 g/mol. The topological polar surface area (TPSA) is 59.3 Å². The minimum absolute atomic E-state index is 0.102. The minimum Gasteiger partial charge on any atom is -0.462 e. The number of esters is 1. The summed E-state index contributed by atoms with van der Waals surface area (Å²) in [5.41, 5.74) is 0.405. The minimum atomic E-state index is -3.12. The molecule has 0 aromatic heterocycles. The molecule has 0 spiro atoms. The van der Waals surface area contributed by atoms with E-state index in [1.807, 2.05) is 6.92 Å². The molecule has 1 aromatic carbocycles. The zero-order valence-electron chi connectivity index (χ0n) is 10.6. The number of rotatable bonds is 5. The number of halogens is 2. The van der Waals surface area contributed by atoms with Gasteiger partial charge >= 0.3 is 12.6 Å². The van der Waals surface area contributed by atoms with Gasteiger partial charge in [-0.2, -0.15) is 14.0 Å². The van der Waals surface area contributed by atoms with Gasteiger partial charge in [0.2, 0.25) is 0 Å². The molecule has 0 unspecified atom stereocenters. The second-order valence-corrected chi connectivity index (χ2v) is 3.58. The SMILES string of the molecule is CCOC(=O)c1cc(CC)cc(C#N)c1OC(F)F. The van der Waals surface area contributed by atoms with Crippen LogP contribution in [-0.4, -0.2) is 19.2 Å². The molecule has 6 heteroatoms. The highest BCUT2D eigenvalue weighted by Gasteiger charge is 2.21. The van der Waals surface area contributed by atoms with Gasteiger partial charge in [-0.3, -0.25) is 0 Å². The molecule has 0 aliphatic carbocycles. The predicted octanol–water partition coefficient (Wildman–Crippen LogP) is 2.90. The number of carbonyl (C=O) groups is 1. The van der Waals surface area contributed by atoms with Crippen molar-refractivity contribution in [2.75, 3.05) is 6.61 Å². The van der Waals surface area contributed by atoms with Crippen molar-refractivity contribution in [3.8, 4) is 11.8 Å². The zero-order chi connectivity index (χ0) is 14.4. The Kier molecular flexibility index (Phi) is 5.24. The van der Waals surface area contributed by atoms with Gasteiger partial charge in [-0.25, -0.2) is 4.79 Å². The van der Waals surface area contributed by atoms with Crippen molar-refractivity contribution in [1.82, 2.24) is 0 Å². The highest BCUT2D eigenvalue weighted by molar-refractivity contribution is 5.93. The maximum atomic E-state index is 12.4. The Labute approximate surface area is 109 Å². The van der Waals surface area contributed by atoms with Gasteiger partial charge in [0.1, 0.15) is 11.6 Å². The van der Waals surface area contributed by atoms with Crippen molar-refractivity contribution < 1.29 is 23.0 Å². The smallest absolute Gasteiger partial charge is 0.387 e. The van der Waals surface area contributed by atoms with E-state index in [2.05, 4.69) is 4.74 Å². The number of ether oxygens (including phenoxy) is 2. The van der Waals surface area contributed by atoms with Crippen molar-refractivity contribution in [1.29, 1.82) is 5.26 Å². The summed E-state index contributed by atoms with van der Waals surface area (Å²) in [6, 6.07) is 4.56. The van der Waals surface area contributed by atoms with Gasteiger partial charge in [0.25, 0.3) is 0 Å². The fourth-order valence-electron chi connectivity index (χ4n) is 1.55. The van der Waals surface area contributed by atoms with Crippen LogP contribution in [0.3, 0.4) is 0 Å². The molecule has 0 aliphatic heterocycles. The largest absolute Gasteiger partial charge is 0.462 e. The first-order valence-corrected chi connectivity index (χ1v) is 5.72. The van der Waals surface area contributed by atoms with Gasteiger partial charge < -0.3 is 9.47 Å². The van der Waals surface area contributed by atoms with Crippen molar-refractivity contribution >= 4 is 5.97 Å². The van der Waals surface area contributed by atoms with E-state index in [9.17, 15) is 13.6 Å². The van der Waals surface area contributed by atoms with Gasteiger partial charge in [0.05, 0.1) is 12.2 Å². The van der Waals surface area contributed by atoms with E-state index < -0.39 is 18.3 Å². The number of benzene rings is 1. The fourth-order valence-corrected chi connectivity index (χ4v) is 1.55. The quantitative estimate of drug-likeness (QED) is 0.771. The number of aryl methyl sites for hydroxylation is 1. The van der Waals surface area contributed by atoms with Crippen LogP contribution in [0.4, 0.5) is 8.78 Å². The standard InChI is InChI=1S/C13H13F2NO3/c1-3-8-5-9(7-16)11(19-13(14)15)10(6-8)12(17)18-4-2/h5-6,13H,3-4H2,1-2H3. The lowest BCUT2D eigenvalue weighted by Crippen LogP contribution is -2.12. The van der Waals surface area contributed by atoms with Crippen LogP contribution in [-0.2, 0) is 11.2 Å². The lowest BCUT2D eigenvalue weighted by molar-refractivity contribution is -0.0506. The summed E-state index contributed by atoms with van der Waals surface area (Å²) in [6.07, 6.45) is 0.552. The maximum Gasteiger partial charge on any atom is 0.387 e. The van der Waals surface area contributed by atoms with Crippen molar-refractivity contribution in [2.24, 2.45) is 0 Å². The fraction of sp³-hybridized carbons (Fsp3) is 0.385. The van der Waals surface area contributed by atoms with Crippen LogP contribution in [0, 0.1) is 11.3 Å². The average molecular weight is 269 g/mol. The van der Waals surface area contributed by atoms with Gasteiger partial charge in [0.15, 0.2) is 5.75 Å². The van der Waals surface area contributed by atoms with E-state index in [0.29, 0.717) is 12.0 Å². The van der Waals surface area contributed by atoms with Gasteiger partial charge in [-0.15, -0.1) is 0 Å². The molecule has 19 heavy (non-hydrogen) atoms. The highest BCUT2D eigenvalue weighted by Crippen LogP contribution is 2.28. The summed E-state index contributed by atoms with van der Waals surface area (Å²) in [7, 11) is 0. The molecule has 0 radical (unpaired) electrons. The number of hydrogen-bond acceptors (Lipinski definition) is 4. The summed E-state index contributed by atoms with van der Waals surface area (Å²) in [5, 5.41) is 8.96. The highest BCUT2D eigenvalue weighted by atomic mass is 19.3. The van der Waals surface area contributed by atoms with Gasteiger partial charge in [-0.1, -0.05) is 6.92 Å². The average Bonchev–Trinajstić information content (AvgIpc) is 2.38. The third-order valence-corrected chi connectivity index (χ3v) is 2.38. The van der Waals surface area contributed by atoms with Crippen LogP contribution in [0.25, 0.3) is 0 Å². The Bertz CT molecular complexity index is 509. The van der Waals surface area contributed by atoms with Crippen LogP contribution >= 0.6 is 0 Å². The van der Waals surface area contributed by atoms with Crippen molar-refractivity contribution in [3.05, 3.63) is 28.8 Å². The molecule has 4 nitrogen and oxygen atoms in total. The van der Waals surface area contributed by atoms with Crippen molar-refractivity contribution in [3.63, 3.8) is 0 Å². The molecule has 0 amide bonds. The van der Waals surface area contributed by atoms with Crippen molar-refractivity contribution in [2.45, 2.75) is 26.9 Å². The van der Waals surface area contributed by atoms with Crippen LogP contribution < -0.4 is 4.74 Å². The van der Waals surface area contributed by atoms with E-state index in [1.165, 1.54) is 12.1 Å². The van der Waals surface area contributed by atoms with E-state index in [0.717, 1.165) is 0 Å². The summed E-state index contributed by atoms with van der Waals surface area (Å²) in [4.78, 5) is 11.7.